The Labute approximate surface area is 575 Å². The number of aliphatic carboxylic acids is 3. The highest BCUT2D eigenvalue weighted by molar-refractivity contribution is 5.96. The monoisotopic (exact) mass is 1460 g/mol. The largest absolute Gasteiger partial charge is 0.481 e. The van der Waals surface area contributed by atoms with Gasteiger partial charge in [-0.25, -0.2) is 9.59 Å². The highest BCUT2D eigenvalue weighted by Gasteiger charge is 2.61. The molecule has 25 atom stereocenters. The van der Waals surface area contributed by atoms with Crippen LogP contribution in [0.3, 0.4) is 0 Å². The summed E-state index contributed by atoms with van der Waals surface area (Å²) in [5, 5.41) is 174. The van der Waals surface area contributed by atoms with Crippen molar-refractivity contribution in [2.24, 2.45) is 22.2 Å². The maximum absolute atomic E-state index is 13.4. The number of aliphatic imine (C=N–C) groups is 1. The minimum absolute atomic E-state index is 0.0420. The van der Waals surface area contributed by atoms with Crippen molar-refractivity contribution in [2.45, 2.75) is 237 Å². The molecule has 44 heteroatoms. The normalized spacial score (nSPS) is 31.4. The van der Waals surface area contributed by atoms with Gasteiger partial charge in [-0.05, 0) is 51.9 Å². The quantitative estimate of drug-likeness (QED) is 0.0154. The molecule has 4 aliphatic rings. The molecular weight excluding hydrogens is 1370 g/mol. The first-order chi connectivity index (χ1) is 47.5. The lowest BCUT2D eigenvalue weighted by atomic mass is 9.88. The van der Waals surface area contributed by atoms with Crippen LogP contribution in [0.5, 0.6) is 0 Å². The number of hydrogen-bond acceptors (Lipinski definition) is 32. The molecule has 0 aromatic carbocycles. The molecule has 0 aromatic heterocycles. The molecule has 2 unspecified atom stereocenters. The summed E-state index contributed by atoms with van der Waals surface area (Å²) in [6.07, 6.45) is -36.9. The smallest absolute Gasteiger partial charge is 0.364 e. The first-order valence-electron chi connectivity index (χ1n) is 32.2. The van der Waals surface area contributed by atoms with Gasteiger partial charge in [-0.15, -0.1) is 0 Å². The van der Waals surface area contributed by atoms with Gasteiger partial charge in [0.05, 0.1) is 70.3 Å². The number of carbonyl (C=O) groups excluding carboxylic acids is 7. The van der Waals surface area contributed by atoms with Crippen molar-refractivity contribution < 1.29 is 162 Å². The van der Waals surface area contributed by atoms with Crippen molar-refractivity contribution in [1.29, 1.82) is 0 Å². The van der Waals surface area contributed by atoms with Crippen LogP contribution in [0.15, 0.2) is 4.99 Å². The van der Waals surface area contributed by atoms with Crippen LogP contribution in [0.25, 0.3) is 0 Å². The third kappa shape index (κ3) is 25.5. The molecule has 44 nitrogen and oxygen atoms in total. The fraction of sp³-hybridized carbons (Fsp3) is 0.807. The summed E-state index contributed by atoms with van der Waals surface area (Å²) in [4.78, 5) is 130. The van der Waals surface area contributed by atoms with Gasteiger partial charge in [0.2, 0.25) is 41.4 Å². The Morgan fingerprint density at radius 3 is 1.82 bits per heavy atom. The third-order valence-corrected chi connectivity index (χ3v) is 16.4. The second-order valence-corrected chi connectivity index (χ2v) is 24.3. The molecule has 4 heterocycles. The number of guanidine groups is 1. The lowest BCUT2D eigenvalue weighted by Gasteiger charge is -2.51. The number of nitrogens with one attached hydrogen (secondary N) is 7. The number of unbranched alkanes of at least 4 members (excludes halogenated alkanes) is 2. The highest BCUT2D eigenvalue weighted by atomic mass is 16.8. The fourth-order valence-electron chi connectivity index (χ4n) is 11.1. The van der Waals surface area contributed by atoms with Gasteiger partial charge in [-0.2, -0.15) is 0 Å². The number of ether oxygens (including phenoxy) is 8. The van der Waals surface area contributed by atoms with Crippen molar-refractivity contribution in [3.05, 3.63) is 0 Å². The Morgan fingerprint density at radius 2 is 1.23 bits per heavy atom. The molecule has 0 bridgehead atoms. The number of hydrogen-bond donors (Lipinski definition) is 25. The number of carboxylic acid groups (broad SMARTS) is 3. The molecule has 578 valence electrons. The molecule has 0 saturated carbocycles. The average Bonchev–Trinajstić information content (AvgIpc) is 0.774. The van der Waals surface area contributed by atoms with Crippen molar-refractivity contribution in [3.63, 3.8) is 0 Å². The van der Waals surface area contributed by atoms with Gasteiger partial charge in [-0.1, -0.05) is 0 Å². The summed E-state index contributed by atoms with van der Waals surface area (Å²) in [5.74, 6) is -14.9. The lowest BCUT2D eigenvalue weighted by molar-refractivity contribution is -0.391. The van der Waals surface area contributed by atoms with E-state index in [2.05, 4.69) is 36.9 Å². The zero-order valence-electron chi connectivity index (χ0n) is 55.3. The topological polar surface area (TPSA) is 723 Å². The Bertz CT molecular complexity index is 2760. The first-order valence-corrected chi connectivity index (χ1v) is 32.2. The molecular formula is C57H97N11O33. The van der Waals surface area contributed by atoms with Crippen molar-refractivity contribution in [2.75, 3.05) is 52.7 Å². The number of nitrogens with two attached hydrogens (primary N) is 3. The van der Waals surface area contributed by atoms with Crippen LogP contribution in [0.4, 0.5) is 0 Å². The Morgan fingerprint density at radius 1 is 0.624 bits per heavy atom. The van der Waals surface area contributed by atoms with Crippen molar-refractivity contribution in [3.8, 4) is 0 Å². The van der Waals surface area contributed by atoms with Crippen LogP contribution in [-0.2, 0) is 85.8 Å². The van der Waals surface area contributed by atoms with Crippen LogP contribution in [-0.4, -0.2) is 347 Å². The zero-order chi connectivity index (χ0) is 75.7. The molecule has 4 fully saturated rings. The zero-order valence-corrected chi connectivity index (χ0v) is 55.3. The van der Waals surface area contributed by atoms with Crippen LogP contribution in [0.2, 0.25) is 0 Å². The van der Waals surface area contributed by atoms with Gasteiger partial charge in [0.25, 0.3) is 5.79 Å². The second kappa shape index (κ2) is 41.4. The minimum atomic E-state index is -3.21. The molecule has 28 N–H and O–H groups in total. The lowest BCUT2D eigenvalue weighted by Crippen LogP contribution is -2.71. The van der Waals surface area contributed by atoms with Crippen LogP contribution >= 0.6 is 0 Å². The second-order valence-electron chi connectivity index (χ2n) is 24.3. The predicted octanol–water partition coefficient (Wildman–Crippen LogP) is -13.2. The van der Waals surface area contributed by atoms with E-state index in [1.54, 1.807) is 0 Å². The van der Waals surface area contributed by atoms with E-state index in [-0.39, 0.29) is 77.0 Å². The standard InChI is InChI=1S/C57H97N11O33/c1-22-38(81)41(84)42(85)53(95-22)99-46-37(65-24(3)74)52(97-32(21-72)44(46)98-54-43(86)47(40(83)31(20-71)96-54)101-57(55(92)93)16-29(75)36(64-23(2)73)45(100-57)39(82)30(76)19-70)94-14-8-11-33(77)61-12-6-4-9-25(58)48(87)63-17-34(78)66-26(10-5-7-13-62-56(59)60)49(88)67-27(15-35(79)80)50(89)68-28(18-69)51(90)91/h22,25-32,36-47,52-54,69-72,75-76,81-86H,4-21,58H2,1-3H3,(H,61,77)(H,63,87)(H,64,73)(H,65,74)(H,66,78)(H,67,88)(H,68,89)(H,79,80)(H,90,91)(H,92,93)(H4,59,60,62)/t22-,25+,26+,27-,28+,29-,30-,31+,32+,36+,37+,38+,39-,40-,41+,42-,43+,44?,45?,46-,47-,52+,53-,54-,57-/m0/s1. The number of carbonyl (C=O) groups is 10. The predicted molar refractivity (Wildman–Crippen MR) is 331 cm³/mol. The Balaban J connectivity index is 1.42. The summed E-state index contributed by atoms with van der Waals surface area (Å²) in [7, 11) is 0. The Hall–Kier alpha value is -6.87. The van der Waals surface area contributed by atoms with E-state index in [1.807, 2.05) is 5.32 Å². The molecule has 4 aliphatic heterocycles. The van der Waals surface area contributed by atoms with Crippen molar-refractivity contribution in [1.82, 2.24) is 37.2 Å². The van der Waals surface area contributed by atoms with E-state index in [0.717, 1.165) is 13.8 Å². The molecule has 4 rings (SSSR count). The maximum atomic E-state index is 13.4. The van der Waals surface area contributed by atoms with E-state index in [9.17, 15) is 125 Å². The maximum Gasteiger partial charge on any atom is 0.364 e. The third-order valence-electron chi connectivity index (χ3n) is 16.4. The molecule has 4 saturated heterocycles. The number of amides is 7. The van der Waals surface area contributed by atoms with Gasteiger partial charge in [0.15, 0.2) is 24.8 Å². The van der Waals surface area contributed by atoms with Crippen LogP contribution in [0.1, 0.15) is 85.0 Å². The summed E-state index contributed by atoms with van der Waals surface area (Å²) in [5.41, 5.74) is 16.8. The molecule has 0 aromatic rings. The van der Waals surface area contributed by atoms with Gasteiger partial charge in [0.1, 0.15) is 104 Å². The number of rotatable bonds is 41. The van der Waals surface area contributed by atoms with Gasteiger partial charge in [-0.3, -0.25) is 43.3 Å². The minimum Gasteiger partial charge on any atom is -0.481 e. The van der Waals surface area contributed by atoms with E-state index < -0.39 is 258 Å². The fourth-order valence-corrected chi connectivity index (χ4v) is 11.1. The van der Waals surface area contributed by atoms with E-state index >= 15 is 0 Å². The summed E-state index contributed by atoms with van der Waals surface area (Å²) < 4.78 is 47.4. The molecule has 0 aliphatic carbocycles. The number of carboxylic acids is 3. The van der Waals surface area contributed by atoms with E-state index in [1.165, 1.54) is 6.92 Å². The summed E-state index contributed by atoms with van der Waals surface area (Å²) >= 11 is 0. The van der Waals surface area contributed by atoms with E-state index in [4.69, 9.17) is 55.1 Å². The van der Waals surface area contributed by atoms with Gasteiger partial charge in [0, 0.05) is 39.8 Å². The molecule has 101 heavy (non-hydrogen) atoms. The van der Waals surface area contributed by atoms with Crippen molar-refractivity contribution >= 4 is 65.2 Å². The van der Waals surface area contributed by atoms with E-state index in [0.29, 0.717) is 0 Å². The van der Waals surface area contributed by atoms with Crippen LogP contribution < -0.4 is 54.4 Å². The number of nitrogens with zero attached hydrogens (tertiary/aromatic N) is 1. The van der Waals surface area contributed by atoms with Crippen LogP contribution in [0, 0.1) is 0 Å². The van der Waals surface area contributed by atoms with Gasteiger partial charge >= 0.3 is 17.9 Å². The summed E-state index contributed by atoms with van der Waals surface area (Å²) in [6.45, 7) is -1.93. The molecule has 0 radical (unpaired) electrons. The SMILES string of the molecule is CC(=O)N[C@H]1[C@H](OCCCC(=O)NCCCC[C@@H](N)C(=O)NCC(=O)N[C@H](CCCCN=C(N)N)C(=O)N[C@@H](CC(=O)O)C(=O)N[C@H](CO)C(=O)O)O[C@H](CO)C(O[C@@H]2O[C@H](CO)[C@H](O)[C@H](O[C@]3(C(=O)O)C[C@H](O)[C@@H](NC(C)=O)C([C@@H](O)[C@@H](O)CO)O3)[C@H]2O)[C@H]1O[C@@H]1O[C@@H](C)[C@@H](O)[C@@H](O)[C@@H]1O. The number of aliphatic hydroxyl groups excluding tert-OH is 12. The molecule has 7 amide bonds. The molecule has 0 spiro atoms. The average molecular weight is 1460 g/mol. The van der Waals surface area contributed by atoms with Gasteiger partial charge < -0.3 is 169 Å². The highest BCUT2D eigenvalue weighted by Crippen LogP contribution is 2.39. The number of aliphatic hydroxyl groups is 12. The summed E-state index contributed by atoms with van der Waals surface area (Å²) in [6, 6.07) is -9.65. The first kappa shape index (κ1) is 86.5. The Kier molecular flexibility index (Phi) is 35.5.